The van der Waals surface area contributed by atoms with Gasteiger partial charge in [0.05, 0.1) is 6.54 Å². The van der Waals surface area contributed by atoms with E-state index in [9.17, 15) is 0 Å². The molecule has 0 spiro atoms. The first-order chi connectivity index (χ1) is 11.7. The number of aliphatic imine (C=N–C) groups is 1. The third kappa shape index (κ3) is 3.70. The molecule has 1 aromatic heterocycles. The molecule has 128 valence electrons. The molecule has 2 N–H and O–H groups in total. The average Bonchev–Trinajstić information content (AvgIpc) is 3.25. The van der Waals surface area contributed by atoms with Crippen LogP contribution in [0.1, 0.15) is 31.2 Å². The van der Waals surface area contributed by atoms with Gasteiger partial charge in [0.25, 0.3) is 0 Å². The van der Waals surface area contributed by atoms with Crippen molar-refractivity contribution in [1.29, 1.82) is 0 Å². The summed E-state index contributed by atoms with van der Waals surface area (Å²) in [4.78, 5) is 4.30. The Morgan fingerprint density at radius 3 is 2.88 bits per heavy atom. The highest BCUT2D eigenvalue weighted by Crippen LogP contribution is 2.48. The molecule has 1 aliphatic rings. The number of hydrogen-bond donors (Lipinski definition) is 2. The Hall–Kier alpha value is -2.08. The zero-order chi connectivity index (χ0) is 17.0. The van der Waals surface area contributed by atoms with E-state index in [0.717, 1.165) is 29.9 Å². The van der Waals surface area contributed by atoms with Gasteiger partial charge in [-0.05, 0) is 37.5 Å². The average molecular weight is 347 g/mol. The van der Waals surface area contributed by atoms with Crippen LogP contribution in [0, 0.1) is 0 Å². The van der Waals surface area contributed by atoms with Gasteiger partial charge in [0, 0.05) is 30.6 Å². The molecule has 7 heteroatoms. The first-order valence-electron chi connectivity index (χ1n) is 8.24. The molecule has 24 heavy (non-hydrogen) atoms. The number of rotatable bonds is 6. The standard InChI is InChI=1S/C17H23ClN6/c1-3-24-12-22-23-15(24)10-20-16(19-2)21-11-17(7-8-17)13-5-4-6-14(18)9-13/h4-6,9,12H,3,7-8,10-11H2,1-2H3,(H2,19,20,21). The zero-order valence-electron chi connectivity index (χ0n) is 14.1. The highest BCUT2D eigenvalue weighted by Gasteiger charge is 2.44. The Morgan fingerprint density at radius 2 is 2.21 bits per heavy atom. The number of halogens is 1. The Bertz CT molecular complexity index is 719. The minimum absolute atomic E-state index is 0.173. The minimum atomic E-state index is 0.173. The van der Waals surface area contributed by atoms with Gasteiger partial charge in [-0.1, -0.05) is 23.7 Å². The number of aromatic nitrogens is 3. The summed E-state index contributed by atoms with van der Waals surface area (Å²) in [5, 5.41) is 15.6. The van der Waals surface area contributed by atoms with Crippen molar-refractivity contribution in [2.24, 2.45) is 4.99 Å². The van der Waals surface area contributed by atoms with Crippen LogP contribution in [0.5, 0.6) is 0 Å². The summed E-state index contributed by atoms with van der Waals surface area (Å²) in [7, 11) is 1.78. The van der Waals surface area contributed by atoms with Gasteiger partial charge in [-0.25, -0.2) is 0 Å². The summed E-state index contributed by atoms with van der Waals surface area (Å²) in [5.74, 6) is 1.67. The maximum absolute atomic E-state index is 6.13. The fourth-order valence-corrected chi connectivity index (χ4v) is 3.04. The van der Waals surface area contributed by atoms with Crippen LogP contribution in [-0.2, 0) is 18.5 Å². The molecule has 1 heterocycles. The molecular formula is C17H23ClN6. The smallest absolute Gasteiger partial charge is 0.191 e. The highest BCUT2D eigenvalue weighted by atomic mass is 35.5. The van der Waals surface area contributed by atoms with Crippen molar-refractivity contribution in [2.75, 3.05) is 13.6 Å². The monoisotopic (exact) mass is 346 g/mol. The second-order valence-corrected chi connectivity index (χ2v) is 6.54. The highest BCUT2D eigenvalue weighted by molar-refractivity contribution is 6.30. The van der Waals surface area contributed by atoms with E-state index >= 15 is 0 Å². The first kappa shape index (κ1) is 16.8. The third-order valence-corrected chi connectivity index (χ3v) is 4.79. The Kier molecular flexibility index (Phi) is 5.04. The van der Waals surface area contributed by atoms with Crippen LogP contribution in [0.3, 0.4) is 0 Å². The number of guanidine groups is 1. The molecule has 1 fully saturated rings. The summed E-state index contributed by atoms with van der Waals surface area (Å²) in [6, 6.07) is 8.15. The fraction of sp³-hybridized carbons (Fsp3) is 0.471. The van der Waals surface area contributed by atoms with Crippen molar-refractivity contribution in [3.8, 4) is 0 Å². The molecule has 1 aliphatic carbocycles. The number of benzene rings is 1. The second kappa shape index (κ2) is 7.21. The number of nitrogens with zero attached hydrogens (tertiary/aromatic N) is 4. The lowest BCUT2D eigenvalue weighted by Gasteiger charge is -2.19. The van der Waals surface area contributed by atoms with Gasteiger partial charge in [-0.2, -0.15) is 0 Å². The molecule has 0 bridgehead atoms. The molecule has 0 saturated heterocycles. The van der Waals surface area contributed by atoms with Crippen LogP contribution in [0.25, 0.3) is 0 Å². The summed E-state index contributed by atoms with van der Waals surface area (Å²) >= 11 is 6.13. The van der Waals surface area contributed by atoms with E-state index in [0.29, 0.717) is 6.54 Å². The predicted octanol–water partition coefficient (Wildman–Crippen LogP) is 2.35. The molecule has 0 aliphatic heterocycles. The van der Waals surface area contributed by atoms with Crippen molar-refractivity contribution < 1.29 is 0 Å². The molecule has 0 unspecified atom stereocenters. The first-order valence-corrected chi connectivity index (χ1v) is 8.62. The van der Waals surface area contributed by atoms with Gasteiger partial charge in [0.1, 0.15) is 6.33 Å². The molecule has 1 saturated carbocycles. The van der Waals surface area contributed by atoms with Gasteiger partial charge in [-0.15, -0.1) is 10.2 Å². The van der Waals surface area contributed by atoms with Gasteiger partial charge >= 0.3 is 0 Å². The zero-order valence-corrected chi connectivity index (χ0v) is 14.8. The lowest BCUT2D eigenvalue weighted by molar-refractivity contribution is 0.633. The summed E-state index contributed by atoms with van der Waals surface area (Å²) in [5.41, 5.74) is 1.47. The summed E-state index contributed by atoms with van der Waals surface area (Å²) in [6.07, 6.45) is 4.08. The number of aryl methyl sites for hydroxylation is 1. The van der Waals surface area contributed by atoms with Crippen LogP contribution >= 0.6 is 11.6 Å². The van der Waals surface area contributed by atoms with E-state index in [1.807, 2.05) is 16.7 Å². The van der Waals surface area contributed by atoms with E-state index in [1.165, 1.54) is 18.4 Å². The summed E-state index contributed by atoms with van der Waals surface area (Å²) < 4.78 is 2.01. The molecular weight excluding hydrogens is 324 g/mol. The Balaban J connectivity index is 1.57. The van der Waals surface area contributed by atoms with Gasteiger partial charge in [0.15, 0.2) is 11.8 Å². The second-order valence-electron chi connectivity index (χ2n) is 6.10. The molecule has 2 aromatic rings. The van der Waals surface area contributed by atoms with E-state index in [-0.39, 0.29) is 5.41 Å². The molecule has 0 amide bonds. The third-order valence-electron chi connectivity index (χ3n) is 4.56. The van der Waals surface area contributed by atoms with E-state index < -0.39 is 0 Å². The molecule has 6 nitrogen and oxygen atoms in total. The maximum atomic E-state index is 6.13. The van der Waals surface area contributed by atoms with E-state index in [1.54, 1.807) is 13.4 Å². The lowest BCUT2D eigenvalue weighted by atomic mass is 9.96. The molecule has 0 radical (unpaired) electrons. The van der Waals surface area contributed by atoms with Crippen molar-refractivity contribution in [1.82, 2.24) is 25.4 Å². The van der Waals surface area contributed by atoms with Crippen LogP contribution in [0.4, 0.5) is 0 Å². The van der Waals surface area contributed by atoms with Crippen molar-refractivity contribution in [3.63, 3.8) is 0 Å². The van der Waals surface area contributed by atoms with Crippen LogP contribution < -0.4 is 10.6 Å². The van der Waals surface area contributed by atoms with E-state index in [2.05, 4.69) is 44.9 Å². The van der Waals surface area contributed by atoms with Crippen LogP contribution in [-0.4, -0.2) is 34.3 Å². The largest absolute Gasteiger partial charge is 0.356 e. The molecule has 0 atom stereocenters. The van der Waals surface area contributed by atoms with Crippen LogP contribution in [0.15, 0.2) is 35.6 Å². The van der Waals surface area contributed by atoms with Crippen molar-refractivity contribution >= 4 is 17.6 Å². The Morgan fingerprint density at radius 1 is 1.38 bits per heavy atom. The number of hydrogen-bond acceptors (Lipinski definition) is 3. The lowest BCUT2D eigenvalue weighted by Crippen LogP contribution is -2.41. The SMILES string of the molecule is CCn1cnnc1CNC(=NC)NCC1(c2cccc(Cl)c2)CC1. The minimum Gasteiger partial charge on any atom is -0.356 e. The van der Waals surface area contributed by atoms with Gasteiger partial charge in [-0.3, -0.25) is 4.99 Å². The predicted molar refractivity (Wildman–Crippen MR) is 96.3 cm³/mol. The number of nitrogens with one attached hydrogen (secondary N) is 2. The topological polar surface area (TPSA) is 67.1 Å². The van der Waals surface area contributed by atoms with Crippen molar-refractivity contribution in [3.05, 3.63) is 47.0 Å². The molecule has 3 rings (SSSR count). The van der Waals surface area contributed by atoms with Crippen molar-refractivity contribution in [2.45, 2.75) is 38.3 Å². The van der Waals surface area contributed by atoms with Gasteiger partial charge < -0.3 is 15.2 Å². The van der Waals surface area contributed by atoms with Gasteiger partial charge in [0.2, 0.25) is 0 Å². The Labute approximate surface area is 147 Å². The fourth-order valence-electron chi connectivity index (χ4n) is 2.85. The quantitative estimate of drug-likeness (QED) is 0.622. The molecule has 1 aromatic carbocycles. The van der Waals surface area contributed by atoms with E-state index in [4.69, 9.17) is 11.6 Å². The van der Waals surface area contributed by atoms with Crippen LogP contribution in [0.2, 0.25) is 5.02 Å². The maximum Gasteiger partial charge on any atom is 0.191 e. The normalized spacial score (nSPS) is 16.0. The summed E-state index contributed by atoms with van der Waals surface area (Å²) in [6.45, 7) is 4.36.